The van der Waals surface area contributed by atoms with Gasteiger partial charge in [0.05, 0.1) is 6.04 Å². The van der Waals surface area contributed by atoms with Gasteiger partial charge in [-0.15, -0.1) is 5.10 Å². The van der Waals surface area contributed by atoms with Gasteiger partial charge in [-0.2, -0.15) is 0 Å². The van der Waals surface area contributed by atoms with Gasteiger partial charge in [-0.3, -0.25) is 9.69 Å². The summed E-state index contributed by atoms with van der Waals surface area (Å²) in [7, 11) is 1.67. The van der Waals surface area contributed by atoms with Gasteiger partial charge in [-0.05, 0) is 19.4 Å². The number of rotatable bonds is 3. The summed E-state index contributed by atoms with van der Waals surface area (Å²) in [6.07, 6.45) is 3.11. The van der Waals surface area contributed by atoms with Crippen LogP contribution in [0.15, 0.2) is 0 Å². The van der Waals surface area contributed by atoms with E-state index in [-0.39, 0.29) is 11.9 Å². The predicted molar refractivity (Wildman–Crippen MR) is 67.0 cm³/mol. The molecule has 1 N–H and O–H groups in total. The minimum Gasteiger partial charge on any atom is -0.358 e. The SMILES string of the molecule is CNC(=O)C1CCCCN1Cc1nnsc1Cl. The standard InChI is InChI=1S/C10H15ClN4OS/c1-12-10(16)8-4-2-3-5-15(8)6-7-9(11)17-14-13-7/h8H,2-6H2,1H3,(H,12,16). The van der Waals surface area contributed by atoms with Crippen LogP contribution in [0.1, 0.15) is 25.0 Å². The number of carbonyl (C=O) groups is 1. The molecule has 0 bridgehead atoms. The molecule has 0 aromatic carbocycles. The molecule has 94 valence electrons. The Bertz CT molecular complexity index is 397. The largest absolute Gasteiger partial charge is 0.358 e. The first kappa shape index (κ1) is 12.7. The Kier molecular flexibility index (Phi) is 4.31. The number of nitrogens with one attached hydrogen (secondary N) is 1. The molecule has 0 aliphatic carbocycles. The minimum atomic E-state index is -0.0634. The summed E-state index contributed by atoms with van der Waals surface area (Å²) in [5.41, 5.74) is 0.771. The summed E-state index contributed by atoms with van der Waals surface area (Å²) in [4.78, 5) is 13.9. The second-order valence-corrected chi connectivity index (χ2v) is 5.45. The number of piperidine rings is 1. The van der Waals surface area contributed by atoms with E-state index in [0.717, 1.165) is 31.5 Å². The highest BCUT2D eigenvalue weighted by molar-refractivity contribution is 7.10. The van der Waals surface area contributed by atoms with Crippen LogP contribution in [-0.4, -0.2) is 40.0 Å². The van der Waals surface area contributed by atoms with Crippen molar-refractivity contribution in [2.45, 2.75) is 31.8 Å². The molecule has 1 aliphatic heterocycles. The maximum Gasteiger partial charge on any atom is 0.237 e. The number of likely N-dealkylation sites (tertiary alicyclic amines) is 1. The fraction of sp³-hybridized carbons (Fsp3) is 0.700. The first-order valence-corrected chi connectivity index (χ1v) is 6.80. The minimum absolute atomic E-state index is 0.0634. The Hall–Kier alpha value is -0.720. The maximum atomic E-state index is 11.8. The van der Waals surface area contributed by atoms with E-state index in [2.05, 4.69) is 19.8 Å². The lowest BCUT2D eigenvalue weighted by Gasteiger charge is -2.33. The van der Waals surface area contributed by atoms with Crippen molar-refractivity contribution >= 4 is 29.0 Å². The smallest absolute Gasteiger partial charge is 0.237 e. The van der Waals surface area contributed by atoms with Crippen LogP contribution >= 0.6 is 23.1 Å². The second-order valence-electron chi connectivity index (χ2n) is 4.09. The van der Waals surface area contributed by atoms with Gasteiger partial charge in [0.2, 0.25) is 5.91 Å². The Morgan fingerprint density at radius 2 is 2.47 bits per heavy atom. The number of likely N-dealkylation sites (N-methyl/N-ethyl adjacent to an activating group) is 1. The van der Waals surface area contributed by atoms with E-state index in [1.165, 1.54) is 11.5 Å². The lowest BCUT2D eigenvalue weighted by molar-refractivity contribution is -0.127. The maximum absolute atomic E-state index is 11.8. The van der Waals surface area contributed by atoms with E-state index in [4.69, 9.17) is 11.6 Å². The summed E-state index contributed by atoms with van der Waals surface area (Å²) in [5, 5.41) is 6.70. The third-order valence-corrected chi connectivity index (χ3v) is 4.01. The summed E-state index contributed by atoms with van der Waals surface area (Å²) in [6.45, 7) is 1.51. The van der Waals surface area contributed by atoms with E-state index < -0.39 is 0 Å². The molecule has 1 aliphatic rings. The normalized spacial score (nSPS) is 21.4. The van der Waals surface area contributed by atoms with Crippen LogP contribution in [0.2, 0.25) is 4.34 Å². The van der Waals surface area contributed by atoms with Gasteiger partial charge in [0.15, 0.2) is 0 Å². The van der Waals surface area contributed by atoms with E-state index in [1.807, 2.05) is 0 Å². The summed E-state index contributed by atoms with van der Waals surface area (Å²) in [5.74, 6) is 0.0732. The Balaban J connectivity index is 2.06. The van der Waals surface area contributed by atoms with E-state index in [0.29, 0.717) is 10.9 Å². The van der Waals surface area contributed by atoms with E-state index in [9.17, 15) is 4.79 Å². The lowest BCUT2D eigenvalue weighted by atomic mass is 10.0. The number of amides is 1. The average Bonchev–Trinajstić information content (AvgIpc) is 2.75. The topological polar surface area (TPSA) is 58.1 Å². The number of hydrogen-bond donors (Lipinski definition) is 1. The van der Waals surface area contributed by atoms with Crippen molar-refractivity contribution in [2.24, 2.45) is 0 Å². The molecular formula is C10H15ClN4OS. The number of halogens is 1. The van der Waals surface area contributed by atoms with Crippen molar-refractivity contribution in [3.8, 4) is 0 Å². The molecule has 0 spiro atoms. The Morgan fingerprint density at radius 3 is 3.12 bits per heavy atom. The monoisotopic (exact) mass is 274 g/mol. The van der Waals surface area contributed by atoms with E-state index in [1.54, 1.807) is 7.05 Å². The van der Waals surface area contributed by atoms with Crippen LogP contribution in [0.25, 0.3) is 0 Å². The molecule has 1 aromatic heterocycles. The fourth-order valence-electron chi connectivity index (χ4n) is 2.13. The van der Waals surface area contributed by atoms with Crippen molar-refractivity contribution in [1.82, 2.24) is 19.8 Å². The molecule has 1 saturated heterocycles. The zero-order valence-electron chi connectivity index (χ0n) is 9.65. The van der Waals surface area contributed by atoms with E-state index >= 15 is 0 Å². The molecule has 17 heavy (non-hydrogen) atoms. The molecule has 0 radical (unpaired) electrons. The van der Waals surface area contributed by atoms with Crippen LogP contribution in [0, 0.1) is 0 Å². The molecule has 0 saturated carbocycles. The first-order chi connectivity index (χ1) is 8.22. The summed E-state index contributed by atoms with van der Waals surface area (Å²) in [6, 6.07) is -0.0634. The number of carbonyl (C=O) groups excluding carboxylic acids is 1. The first-order valence-electron chi connectivity index (χ1n) is 5.64. The van der Waals surface area contributed by atoms with Crippen LogP contribution < -0.4 is 5.32 Å². The Labute approximate surface area is 109 Å². The fourth-order valence-corrected chi connectivity index (χ4v) is 2.74. The number of nitrogens with zero attached hydrogens (tertiary/aromatic N) is 3. The van der Waals surface area contributed by atoms with Crippen LogP contribution in [0.5, 0.6) is 0 Å². The molecule has 1 atom stereocenters. The third kappa shape index (κ3) is 2.94. The third-order valence-electron chi connectivity index (χ3n) is 3.02. The van der Waals surface area contributed by atoms with Gasteiger partial charge in [-0.25, -0.2) is 0 Å². The number of hydrogen-bond acceptors (Lipinski definition) is 5. The summed E-state index contributed by atoms with van der Waals surface area (Å²) < 4.78 is 4.43. The quantitative estimate of drug-likeness (QED) is 0.902. The van der Waals surface area contributed by atoms with Crippen LogP contribution in [-0.2, 0) is 11.3 Å². The lowest BCUT2D eigenvalue weighted by Crippen LogP contribution is -2.48. The van der Waals surface area contributed by atoms with Crippen LogP contribution in [0.3, 0.4) is 0 Å². The highest BCUT2D eigenvalue weighted by atomic mass is 35.5. The zero-order chi connectivity index (χ0) is 12.3. The number of aromatic nitrogens is 2. The van der Waals surface area contributed by atoms with Gasteiger partial charge in [-0.1, -0.05) is 22.5 Å². The predicted octanol–water partition coefficient (Wildman–Crippen LogP) is 1.29. The van der Waals surface area contributed by atoms with Gasteiger partial charge >= 0.3 is 0 Å². The van der Waals surface area contributed by atoms with Gasteiger partial charge in [0.1, 0.15) is 10.0 Å². The molecular weight excluding hydrogens is 260 g/mol. The highest BCUT2D eigenvalue weighted by Crippen LogP contribution is 2.23. The van der Waals surface area contributed by atoms with Gasteiger partial charge in [0.25, 0.3) is 0 Å². The van der Waals surface area contributed by atoms with Crippen molar-refractivity contribution in [1.29, 1.82) is 0 Å². The Morgan fingerprint density at radius 1 is 1.65 bits per heavy atom. The van der Waals surface area contributed by atoms with Crippen molar-refractivity contribution in [3.63, 3.8) is 0 Å². The highest BCUT2D eigenvalue weighted by Gasteiger charge is 2.28. The van der Waals surface area contributed by atoms with Crippen molar-refractivity contribution < 1.29 is 4.79 Å². The van der Waals surface area contributed by atoms with Crippen molar-refractivity contribution in [2.75, 3.05) is 13.6 Å². The molecule has 1 fully saturated rings. The van der Waals surface area contributed by atoms with Crippen LogP contribution in [0.4, 0.5) is 0 Å². The van der Waals surface area contributed by atoms with Gasteiger partial charge in [0, 0.05) is 25.1 Å². The molecule has 1 unspecified atom stereocenters. The van der Waals surface area contributed by atoms with Gasteiger partial charge < -0.3 is 5.32 Å². The zero-order valence-corrected chi connectivity index (χ0v) is 11.2. The van der Waals surface area contributed by atoms with Crippen molar-refractivity contribution in [3.05, 3.63) is 10.0 Å². The summed E-state index contributed by atoms with van der Waals surface area (Å²) >= 11 is 7.17. The molecule has 5 nitrogen and oxygen atoms in total. The molecule has 2 heterocycles. The second kappa shape index (κ2) is 5.75. The molecule has 1 aromatic rings. The molecule has 7 heteroatoms. The molecule has 1 amide bonds. The molecule has 2 rings (SSSR count). The average molecular weight is 275 g/mol.